The fourth-order valence-electron chi connectivity index (χ4n) is 3.28. The number of aryl methyl sites for hydroxylation is 2. The van der Waals surface area contributed by atoms with Crippen molar-refractivity contribution in [3.8, 4) is 0 Å². The molecule has 6 nitrogen and oxygen atoms in total. The van der Waals surface area contributed by atoms with E-state index in [2.05, 4.69) is 71.0 Å². The maximum absolute atomic E-state index is 4.73. The molecule has 2 aromatic rings. The van der Waals surface area contributed by atoms with Crippen molar-refractivity contribution >= 4 is 11.6 Å². The normalized spacial score (nSPS) is 17.5. The van der Waals surface area contributed by atoms with Crippen LogP contribution in [0.2, 0.25) is 0 Å². The van der Waals surface area contributed by atoms with Gasteiger partial charge in [0.25, 0.3) is 0 Å². The van der Waals surface area contributed by atoms with Gasteiger partial charge in [-0.15, -0.1) is 0 Å². The quantitative estimate of drug-likeness (QED) is 0.455. The largest absolute Gasteiger partial charge is 0.369 e. The van der Waals surface area contributed by atoms with Crippen LogP contribution in [-0.4, -0.2) is 48.0 Å². The molecule has 1 fully saturated rings. The van der Waals surface area contributed by atoms with Crippen LogP contribution in [0.5, 0.6) is 0 Å². The molecule has 0 saturated carbocycles. The number of nitrogens with zero attached hydrogens (tertiary/aromatic N) is 4. The van der Waals surface area contributed by atoms with E-state index in [1.54, 1.807) is 0 Å². The molecule has 0 aliphatic carbocycles. The third kappa shape index (κ3) is 5.25. The molecule has 3 rings (SSSR count). The molecule has 2 heterocycles. The number of hydrogen-bond acceptors (Lipinski definition) is 3. The molecular weight excluding hydrogens is 324 g/mol. The third-order valence-electron chi connectivity index (χ3n) is 4.57. The molecule has 26 heavy (non-hydrogen) atoms. The summed E-state index contributed by atoms with van der Waals surface area (Å²) in [6.45, 7) is 8.84. The van der Waals surface area contributed by atoms with E-state index in [1.165, 1.54) is 11.3 Å². The number of nitrogens with one attached hydrogen (secondary N) is 2. The lowest BCUT2D eigenvalue weighted by Crippen LogP contribution is -2.44. The number of guanidine groups is 1. The van der Waals surface area contributed by atoms with E-state index < -0.39 is 0 Å². The van der Waals surface area contributed by atoms with E-state index in [9.17, 15) is 0 Å². The highest BCUT2D eigenvalue weighted by Crippen LogP contribution is 2.19. The smallest absolute Gasteiger partial charge is 0.191 e. The Kier molecular flexibility index (Phi) is 6.52. The van der Waals surface area contributed by atoms with Gasteiger partial charge in [0.1, 0.15) is 0 Å². The number of para-hydroxylation sites is 1. The molecule has 0 spiro atoms. The summed E-state index contributed by atoms with van der Waals surface area (Å²) in [6, 6.07) is 11.1. The van der Waals surface area contributed by atoms with E-state index in [0.29, 0.717) is 6.04 Å². The van der Waals surface area contributed by atoms with Gasteiger partial charge in [-0.1, -0.05) is 18.2 Å². The van der Waals surface area contributed by atoms with Crippen LogP contribution in [0.15, 0.2) is 47.7 Å². The minimum Gasteiger partial charge on any atom is -0.369 e. The maximum atomic E-state index is 4.73. The van der Waals surface area contributed by atoms with Crippen LogP contribution in [0.3, 0.4) is 0 Å². The average molecular weight is 355 g/mol. The molecule has 1 saturated heterocycles. The Morgan fingerprint density at radius 3 is 2.88 bits per heavy atom. The second-order valence-electron chi connectivity index (χ2n) is 6.81. The van der Waals surface area contributed by atoms with Crippen molar-refractivity contribution in [3.05, 3.63) is 48.3 Å². The summed E-state index contributed by atoms with van der Waals surface area (Å²) >= 11 is 0. The van der Waals surface area contributed by atoms with Gasteiger partial charge in [0.2, 0.25) is 0 Å². The standard InChI is InChI=1S/C20H30N6/c1-3-21-20(22-11-7-12-26-15-17(2)14-23-26)24-18-10-13-25(16-18)19-8-5-4-6-9-19/h4-6,8-9,14-15,18H,3,7,10-13,16H2,1-2H3,(H2,21,22,24). The molecule has 0 bridgehead atoms. The van der Waals surface area contributed by atoms with Gasteiger partial charge in [-0.3, -0.25) is 9.67 Å². The van der Waals surface area contributed by atoms with Crippen LogP contribution in [-0.2, 0) is 6.54 Å². The molecule has 2 N–H and O–H groups in total. The summed E-state index contributed by atoms with van der Waals surface area (Å²) in [5.74, 6) is 0.920. The predicted molar refractivity (Wildman–Crippen MR) is 108 cm³/mol. The molecule has 1 unspecified atom stereocenters. The van der Waals surface area contributed by atoms with Crippen LogP contribution in [0, 0.1) is 6.92 Å². The van der Waals surface area contributed by atoms with Crippen LogP contribution < -0.4 is 15.5 Å². The summed E-state index contributed by atoms with van der Waals surface area (Å²) in [5, 5.41) is 11.3. The molecule has 0 amide bonds. The highest BCUT2D eigenvalue weighted by atomic mass is 15.3. The summed E-state index contributed by atoms with van der Waals surface area (Å²) in [5.41, 5.74) is 2.50. The first-order chi connectivity index (χ1) is 12.7. The molecule has 140 valence electrons. The summed E-state index contributed by atoms with van der Waals surface area (Å²) < 4.78 is 1.99. The first-order valence-electron chi connectivity index (χ1n) is 9.58. The third-order valence-corrected chi connectivity index (χ3v) is 4.57. The molecule has 0 radical (unpaired) electrons. The molecule has 1 atom stereocenters. The Morgan fingerprint density at radius 2 is 2.15 bits per heavy atom. The zero-order valence-electron chi connectivity index (χ0n) is 15.9. The Hall–Kier alpha value is -2.50. The van der Waals surface area contributed by atoms with E-state index in [1.807, 2.05) is 10.9 Å². The molecular formula is C20H30N6. The van der Waals surface area contributed by atoms with Gasteiger partial charge in [-0.2, -0.15) is 5.10 Å². The number of anilines is 1. The lowest BCUT2D eigenvalue weighted by Gasteiger charge is -2.20. The Labute approximate surface area is 156 Å². The number of hydrogen-bond donors (Lipinski definition) is 2. The molecule has 6 heteroatoms. The summed E-state index contributed by atoms with van der Waals surface area (Å²) in [6.07, 6.45) is 6.09. The number of rotatable bonds is 7. The predicted octanol–water partition coefficient (Wildman–Crippen LogP) is 2.42. The van der Waals surface area contributed by atoms with Gasteiger partial charge in [0.15, 0.2) is 5.96 Å². The van der Waals surface area contributed by atoms with Crippen molar-refractivity contribution in [3.63, 3.8) is 0 Å². The molecule has 1 aromatic heterocycles. The Balaban J connectivity index is 1.47. The van der Waals surface area contributed by atoms with Crippen molar-refractivity contribution in [2.75, 3.05) is 31.1 Å². The van der Waals surface area contributed by atoms with Gasteiger partial charge in [0, 0.05) is 50.6 Å². The van der Waals surface area contributed by atoms with Crippen molar-refractivity contribution < 1.29 is 0 Å². The van der Waals surface area contributed by atoms with E-state index in [0.717, 1.165) is 51.5 Å². The van der Waals surface area contributed by atoms with Gasteiger partial charge in [-0.05, 0) is 44.4 Å². The van der Waals surface area contributed by atoms with Crippen LogP contribution in [0.1, 0.15) is 25.3 Å². The van der Waals surface area contributed by atoms with Crippen LogP contribution in [0.4, 0.5) is 5.69 Å². The monoisotopic (exact) mass is 354 g/mol. The maximum Gasteiger partial charge on any atom is 0.191 e. The molecule has 1 aliphatic rings. The minimum atomic E-state index is 0.432. The fourth-order valence-corrected chi connectivity index (χ4v) is 3.28. The van der Waals surface area contributed by atoms with Crippen molar-refractivity contribution in [1.29, 1.82) is 0 Å². The zero-order chi connectivity index (χ0) is 18.2. The zero-order valence-corrected chi connectivity index (χ0v) is 15.9. The van der Waals surface area contributed by atoms with E-state index in [-0.39, 0.29) is 0 Å². The first-order valence-corrected chi connectivity index (χ1v) is 9.58. The van der Waals surface area contributed by atoms with Crippen molar-refractivity contribution in [1.82, 2.24) is 20.4 Å². The van der Waals surface area contributed by atoms with E-state index >= 15 is 0 Å². The van der Waals surface area contributed by atoms with Gasteiger partial charge in [0.05, 0.1) is 6.20 Å². The molecule has 1 aromatic carbocycles. The van der Waals surface area contributed by atoms with Crippen molar-refractivity contribution in [2.24, 2.45) is 4.99 Å². The minimum absolute atomic E-state index is 0.432. The number of aromatic nitrogens is 2. The SMILES string of the molecule is CCNC(=NCCCn1cc(C)cn1)NC1CCN(c2ccccc2)C1. The van der Waals surface area contributed by atoms with Crippen molar-refractivity contribution in [2.45, 2.75) is 39.3 Å². The highest BCUT2D eigenvalue weighted by Gasteiger charge is 2.23. The Morgan fingerprint density at radius 1 is 1.31 bits per heavy atom. The summed E-state index contributed by atoms with van der Waals surface area (Å²) in [7, 11) is 0. The average Bonchev–Trinajstić information content (AvgIpc) is 3.29. The fraction of sp³-hybridized carbons (Fsp3) is 0.500. The topological polar surface area (TPSA) is 57.5 Å². The molecule has 1 aliphatic heterocycles. The Bertz CT molecular complexity index is 693. The second kappa shape index (κ2) is 9.27. The second-order valence-corrected chi connectivity index (χ2v) is 6.81. The van der Waals surface area contributed by atoms with E-state index in [4.69, 9.17) is 4.99 Å². The first kappa shape index (κ1) is 18.3. The lowest BCUT2D eigenvalue weighted by molar-refractivity contribution is 0.581. The highest BCUT2D eigenvalue weighted by molar-refractivity contribution is 5.80. The van der Waals surface area contributed by atoms with Gasteiger partial charge < -0.3 is 15.5 Å². The number of benzene rings is 1. The van der Waals surface area contributed by atoms with Crippen LogP contribution >= 0.6 is 0 Å². The summed E-state index contributed by atoms with van der Waals surface area (Å²) in [4.78, 5) is 7.16. The number of aliphatic imine (C=N–C) groups is 1. The van der Waals surface area contributed by atoms with Crippen LogP contribution in [0.25, 0.3) is 0 Å². The lowest BCUT2D eigenvalue weighted by atomic mass is 10.3. The van der Waals surface area contributed by atoms with Gasteiger partial charge >= 0.3 is 0 Å². The van der Waals surface area contributed by atoms with Gasteiger partial charge in [-0.25, -0.2) is 0 Å².